The Labute approximate surface area is 387 Å². The molecule has 12 aromatic carbocycles. The summed E-state index contributed by atoms with van der Waals surface area (Å²) in [5.41, 5.74) is 13.8. The first kappa shape index (κ1) is 37.5. The lowest BCUT2D eigenvalue weighted by molar-refractivity contribution is 1.18. The third-order valence-corrected chi connectivity index (χ3v) is 14.1. The first-order valence-corrected chi connectivity index (χ1v) is 23.1. The van der Waals surface area contributed by atoms with E-state index in [1.54, 1.807) is 0 Å². The van der Waals surface area contributed by atoms with Crippen LogP contribution in [0.25, 0.3) is 137 Å². The summed E-state index contributed by atoms with van der Waals surface area (Å²) in [5, 5.41) is 15.9. The molecule has 0 spiro atoms. The van der Waals surface area contributed by atoms with Gasteiger partial charge in [-0.05, 0) is 131 Å². The number of rotatable bonds is 5. The summed E-state index contributed by atoms with van der Waals surface area (Å²) in [7, 11) is 0. The van der Waals surface area contributed by atoms with Gasteiger partial charge in [0.15, 0.2) is 0 Å². The van der Waals surface area contributed by atoms with Crippen LogP contribution in [0.5, 0.6) is 0 Å². The zero-order valence-corrected chi connectivity index (χ0v) is 36.5. The molecule has 0 atom stereocenters. The maximum atomic E-state index is 5.48. The summed E-state index contributed by atoms with van der Waals surface area (Å²) >= 11 is 0. The van der Waals surface area contributed by atoms with Crippen LogP contribution in [0.15, 0.2) is 243 Å². The molecule has 0 fully saturated rings. The van der Waals surface area contributed by atoms with Crippen molar-refractivity contribution < 1.29 is 0 Å². The van der Waals surface area contributed by atoms with E-state index in [9.17, 15) is 0 Å². The van der Waals surface area contributed by atoms with E-state index in [4.69, 9.17) is 4.98 Å². The number of nitrogens with zero attached hydrogens (tertiary/aromatic N) is 2. The SMILES string of the molecule is c1ccc(-n2c3ccccc3c3c4c(ccc32)c(-c2cccc(-c3ccc5c(-c6ccc7ccccc7c6)c6ccccc6c(-c6ccc7ccccc7c6)c5c3)c2)nc2ccccc24)cc1. The highest BCUT2D eigenvalue weighted by Gasteiger charge is 2.21. The molecule has 2 heterocycles. The van der Waals surface area contributed by atoms with Crippen molar-refractivity contribution in [1.29, 1.82) is 0 Å². The second kappa shape index (κ2) is 14.9. The Balaban J connectivity index is 1.01. The molecule has 0 aliphatic carbocycles. The van der Waals surface area contributed by atoms with Gasteiger partial charge in [0.1, 0.15) is 0 Å². The number of hydrogen-bond acceptors (Lipinski definition) is 1. The van der Waals surface area contributed by atoms with E-state index >= 15 is 0 Å². The van der Waals surface area contributed by atoms with Gasteiger partial charge in [0.25, 0.3) is 0 Å². The maximum absolute atomic E-state index is 5.48. The highest BCUT2D eigenvalue weighted by Crippen LogP contribution is 2.47. The third kappa shape index (κ3) is 5.87. The molecule has 14 rings (SSSR count). The van der Waals surface area contributed by atoms with Crippen molar-refractivity contribution in [2.75, 3.05) is 0 Å². The molecule has 2 nitrogen and oxygen atoms in total. The molecule has 0 aliphatic rings. The second-order valence-electron chi connectivity index (χ2n) is 17.8. The van der Waals surface area contributed by atoms with Gasteiger partial charge in [-0.25, -0.2) is 4.98 Å². The van der Waals surface area contributed by atoms with Crippen molar-refractivity contribution in [2.24, 2.45) is 0 Å². The van der Waals surface area contributed by atoms with E-state index in [1.807, 2.05) is 0 Å². The Hall–Kier alpha value is -8.85. The van der Waals surface area contributed by atoms with Crippen LogP contribution in [0.1, 0.15) is 0 Å². The Kier molecular flexibility index (Phi) is 8.32. The number of benzene rings is 12. The number of hydrogen-bond donors (Lipinski definition) is 0. The van der Waals surface area contributed by atoms with E-state index in [2.05, 4.69) is 247 Å². The lowest BCUT2D eigenvalue weighted by Gasteiger charge is -2.19. The largest absolute Gasteiger partial charge is 0.309 e. The van der Waals surface area contributed by atoms with Crippen molar-refractivity contribution in [3.8, 4) is 50.3 Å². The minimum Gasteiger partial charge on any atom is -0.309 e. The fourth-order valence-electron chi connectivity index (χ4n) is 11.1. The predicted molar refractivity (Wildman–Crippen MR) is 285 cm³/mol. The first-order chi connectivity index (χ1) is 33.2. The Morgan fingerprint density at radius 3 is 1.54 bits per heavy atom. The minimum absolute atomic E-state index is 0.983. The van der Waals surface area contributed by atoms with Crippen molar-refractivity contribution in [3.05, 3.63) is 243 Å². The van der Waals surface area contributed by atoms with Crippen molar-refractivity contribution >= 4 is 86.6 Å². The fraction of sp³-hybridized carbons (Fsp3) is 0. The summed E-state index contributed by atoms with van der Waals surface area (Å²) in [5.74, 6) is 0. The molecule has 0 aliphatic heterocycles. The Morgan fingerprint density at radius 1 is 0.269 bits per heavy atom. The quantitative estimate of drug-likeness (QED) is 0.125. The zero-order valence-electron chi connectivity index (χ0n) is 36.5. The molecular formula is C65H40N2. The molecule has 67 heavy (non-hydrogen) atoms. The number of pyridine rings is 1. The topological polar surface area (TPSA) is 17.8 Å². The summed E-state index contributed by atoms with van der Waals surface area (Å²) < 4.78 is 2.40. The van der Waals surface area contributed by atoms with Gasteiger partial charge >= 0.3 is 0 Å². The first-order valence-electron chi connectivity index (χ1n) is 23.1. The van der Waals surface area contributed by atoms with Gasteiger partial charge in [-0.1, -0.05) is 188 Å². The predicted octanol–water partition coefficient (Wildman–Crippen LogP) is 17.8. The molecule has 0 saturated heterocycles. The molecule has 0 saturated carbocycles. The van der Waals surface area contributed by atoms with Gasteiger partial charge in [0, 0.05) is 38.2 Å². The van der Waals surface area contributed by atoms with Crippen LogP contribution in [0, 0.1) is 0 Å². The van der Waals surface area contributed by atoms with Gasteiger partial charge in [0.2, 0.25) is 0 Å². The molecule has 310 valence electrons. The van der Waals surface area contributed by atoms with Crippen molar-refractivity contribution in [3.63, 3.8) is 0 Å². The van der Waals surface area contributed by atoms with Crippen LogP contribution < -0.4 is 0 Å². The Morgan fingerprint density at radius 2 is 0.806 bits per heavy atom. The monoisotopic (exact) mass is 848 g/mol. The van der Waals surface area contributed by atoms with Crippen LogP contribution in [0.3, 0.4) is 0 Å². The van der Waals surface area contributed by atoms with Crippen LogP contribution in [0.2, 0.25) is 0 Å². The van der Waals surface area contributed by atoms with E-state index in [1.165, 1.54) is 92.5 Å². The maximum Gasteiger partial charge on any atom is 0.0788 e. The summed E-state index contributed by atoms with van der Waals surface area (Å²) in [6.45, 7) is 0. The van der Waals surface area contributed by atoms with Crippen molar-refractivity contribution in [1.82, 2.24) is 9.55 Å². The fourth-order valence-corrected chi connectivity index (χ4v) is 11.1. The van der Waals surface area contributed by atoms with Gasteiger partial charge < -0.3 is 4.57 Å². The minimum atomic E-state index is 0.983. The lowest BCUT2D eigenvalue weighted by atomic mass is 9.84. The Bertz CT molecular complexity index is 4330. The van der Waals surface area contributed by atoms with E-state index in [-0.39, 0.29) is 0 Å². The molecule has 0 unspecified atom stereocenters. The number of aromatic nitrogens is 2. The number of para-hydroxylation sites is 3. The van der Waals surface area contributed by atoms with Gasteiger partial charge in [-0.2, -0.15) is 0 Å². The second-order valence-corrected chi connectivity index (χ2v) is 17.8. The van der Waals surface area contributed by atoms with Gasteiger partial charge in [-0.15, -0.1) is 0 Å². The smallest absolute Gasteiger partial charge is 0.0788 e. The molecule has 0 radical (unpaired) electrons. The molecule has 2 heteroatoms. The van der Waals surface area contributed by atoms with E-state index in [0.717, 1.165) is 44.4 Å². The molecule has 0 bridgehead atoms. The zero-order chi connectivity index (χ0) is 44.0. The van der Waals surface area contributed by atoms with E-state index in [0.29, 0.717) is 0 Å². The van der Waals surface area contributed by atoms with Crippen LogP contribution in [-0.2, 0) is 0 Å². The standard InChI is InChI=1S/C65H40N2/c1-2-21-50(22-3-1)67-59-28-13-11-26-55(59)64-60(67)36-35-56-63(64)54-25-10-12-27-58(54)66-65(56)49-20-14-19-45(39-49)46-33-34-53-57(40-46)62(48-32-30-42-16-5-7-18-44(42)38-48)52-24-9-8-23-51(52)61(53)47-31-29-41-15-4-6-17-43(41)37-47/h1-40H. The van der Waals surface area contributed by atoms with Gasteiger partial charge in [-0.3, -0.25) is 0 Å². The van der Waals surface area contributed by atoms with Crippen LogP contribution in [-0.4, -0.2) is 9.55 Å². The number of fused-ring (bicyclic) bond motifs is 11. The van der Waals surface area contributed by atoms with E-state index < -0.39 is 0 Å². The normalized spacial score (nSPS) is 11.9. The lowest BCUT2D eigenvalue weighted by Crippen LogP contribution is -1.94. The highest BCUT2D eigenvalue weighted by molar-refractivity contribution is 6.30. The van der Waals surface area contributed by atoms with Crippen molar-refractivity contribution in [2.45, 2.75) is 0 Å². The van der Waals surface area contributed by atoms with Crippen LogP contribution in [0.4, 0.5) is 0 Å². The average Bonchev–Trinajstić information content (AvgIpc) is 3.74. The average molecular weight is 849 g/mol. The molecule has 2 aromatic heterocycles. The summed E-state index contributed by atoms with van der Waals surface area (Å²) in [6, 6.07) is 89.0. The van der Waals surface area contributed by atoms with Crippen LogP contribution >= 0.6 is 0 Å². The molecule has 0 N–H and O–H groups in total. The third-order valence-electron chi connectivity index (χ3n) is 14.1. The summed E-state index contributed by atoms with van der Waals surface area (Å²) in [4.78, 5) is 5.48. The highest BCUT2D eigenvalue weighted by atomic mass is 15.0. The molecule has 14 aromatic rings. The molecule has 0 amide bonds. The molecular weight excluding hydrogens is 809 g/mol. The van der Waals surface area contributed by atoms with Gasteiger partial charge in [0.05, 0.1) is 22.2 Å². The summed E-state index contributed by atoms with van der Waals surface area (Å²) in [6.07, 6.45) is 0.